The molecule has 4 nitrogen and oxygen atoms in total. The molecule has 0 aromatic heterocycles. The quantitative estimate of drug-likeness (QED) is 0.674. The molecule has 120 valence electrons. The monoisotopic (exact) mass is 439 g/mol. The van der Waals surface area contributed by atoms with Crippen molar-refractivity contribution in [2.75, 3.05) is 19.5 Å². The van der Waals surface area contributed by atoms with Gasteiger partial charge < -0.3 is 14.8 Å². The van der Waals surface area contributed by atoms with Gasteiger partial charge in [-0.1, -0.05) is 22.0 Å². The van der Waals surface area contributed by atoms with Gasteiger partial charge in [0.2, 0.25) is 5.91 Å². The van der Waals surface area contributed by atoms with Crippen molar-refractivity contribution in [1.82, 2.24) is 0 Å². The molecule has 0 aliphatic carbocycles. The minimum Gasteiger partial charge on any atom is -0.497 e. The van der Waals surface area contributed by atoms with Gasteiger partial charge in [-0.2, -0.15) is 0 Å². The number of rotatable bonds is 5. The lowest BCUT2D eigenvalue weighted by atomic mass is 10.2. The SMILES string of the molecule is COc1cccc(NC(=O)/C=C/c2cc(Br)cc(Br)c2OC)c1. The maximum atomic E-state index is 12.1. The molecule has 0 bridgehead atoms. The Bertz CT molecular complexity index is 745. The van der Waals surface area contributed by atoms with Crippen molar-refractivity contribution in [3.63, 3.8) is 0 Å². The minimum atomic E-state index is -0.239. The van der Waals surface area contributed by atoms with Gasteiger partial charge in [-0.25, -0.2) is 0 Å². The van der Waals surface area contributed by atoms with Crippen molar-refractivity contribution in [2.45, 2.75) is 0 Å². The van der Waals surface area contributed by atoms with E-state index < -0.39 is 0 Å². The van der Waals surface area contributed by atoms with Crippen LogP contribution in [0.2, 0.25) is 0 Å². The molecule has 6 heteroatoms. The zero-order chi connectivity index (χ0) is 16.8. The van der Waals surface area contributed by atoms with E-state index in [1.54, 1.807) is 32.4 Å². The molecule has 0 aliphatic rings. The predicted octanol–water partition coefficient (Wildman–Crippen LogP) is 4.88. The number of anilines is 1. The van der Waals surface area contributed by atoms with Gasteiger partial charge >= 0.3 is 0 Å². The zero-order valence-corrected chi connectivity index (χ0v) is 15.8. The van der Waals surface area contributed by atoms with E-state index in [0.29, 0.717) is 17.2 Å². The van der Waals surface area contributed by atoms with Gasteiger partial charge in [0.1, 0.15) is 11.5 Å². The molecular weight excluding hydrogens is 426 g/mol. The minimum absolute atomic E-state index is 0.239. The maximum Gasteiger partial charge on any atom is 0.248 e. The molecule has 23 heavy (non-hydrogen) atoms. The normalized spacial score (nSPS) is 10.6. The molecule has 0 saturated heterocycles. The van der Waals surface area contributed by atoms with Gasteiger partial charge in [0.15, 0.2) is 0 Å². The van der Waals surface area contributed by atoms with Crippen LogP contribution in [0, 0.1) is 0 Å². The van der Waals surface area contributed by atoms with Crippen molar-refractivity contribution in [3.8, 4) is 11.5 Å². The lowest BCUT2D eigenvalue weighted by Gasteiger charge is -2.08. The van der Waals surface area contributed by atoms with Crippen LogP contribution < -0.4 is 14.8 Å². The summed E-state index contributed by atoms with van der Waals surface area (Å²) in [5.74, 6) is 1.11. The van der Waals surface area contributed by atoms with Crippen LogP contribution in [0.15, 0.2) is 51.4 Å². The number of hydrogen-bond donors (Lipinski definition) is 1. The highest BCUT2D eigenvalue weighted by Crippen LogP contribution is 2.33. The highest BCUT2D eigenvalue weighted by atomic mass is 79.9. The summed E-state index contributed by atoms with van der Waals surface area (Å²) in [5.41, 5.74) is 1.45. The lowest BCUT2D eigenvalue weighted by Crippen LogP contribution is -2.07. The smallest absolute Gasteiger partial charge is 0.248 e. The van der Waals surface area contributed by atoms with Crippen molar-refractivity contribution in [3.05, 3.63) is 57.0 Å². The van der Waals surface area contributed by atoms with Gasteiger partial charge in [-0.3, -0.25) is 4.79 Å². The third-order valence-corrected chi connectivity index (χ3v) is 4.04. The summed E-state index contributed by atoms with van der Waals surface area (Å²) in [6.07, 6.45) is 3.15. The summed E-state index contributed by atoms with van der Waals surface area (Å²) in [4.78, 5) is 12.1. The molecule has 0 aliphatic heterocycles. The summed E-state index contributed by atoms with van der Waals surface area (Å²) in [6.45, 7) is 0. The second kappa shape index (κ2) is 8.17. The number of hydrogen-bond acceptors (Lipinski definition) is 3. The highest BCUT2D eigenvalue weighted by molar-refractivity contribution is 9.11. The molecule has 0 heterocycles. The van der Waals surface area contributed by atoms with Crippen LogP contribution >= 0.6 is 31.9 Å². The average Bonchev–Trinajstić information content (AvgIpc) is 2.52. The van der Waals surface area contributed by atoms with Crippen molar-refractivity contribution >= 4 is 49.5 Å². The molecule has 2 aromatic carbocycles. The van der Waals surface area contributed by atoms with Gasteiger partial charge in [0, 0.05) is 27.9 Å². The summed E-state index contributed by atoms with van der Waals surface area (Å²) >= 11 is 6.85. The molecule has 0 unspecified atom stereocenters. The summed E-state index contributed by atoms with van der Waals surface area (Å²) in [7, 11) is 3.17. The average molecular weight is 441 g/mol. The molecule has 0 fully saturated rings. The first-order valence-electron chi connectivity index (χ1n) is 6.69. The van der Waals surface area contributed by atoms with Gasteiger partial charge in [0.25, 0.3) is 0 Å². The second-order valence-electron chi connectivity index (χ2n) is 4.56. The Kier molecular flexibility index (Phi) is 6.24. The predicted molar refractivity (Wildman–Crippen MR) is 99.1 cm³/mol. The number of amides is 1. The van der Waals surface area contributed by atoms with Crippen molar-refractivity contribution < 1.29 is 14.3 Å². The molecule has 2 rings (SSSR count). The Hall–Kier alpha value is -1.79. The Balaban J connectivity index is 2.15. The molecular formula is C17H15Br2NO3. The first-order chi connectivity index (χ1) is 11.0. The van der Waals surface area contributed by atoms with Crippen LogP contribution in [0.1, 0.15) is 5.56 Å². The second-order valence-corrected chi connectivity index (χ2v) is 6.33. The van der Waals surface area contributed by atoms with Crippen LogP contribution in [0.4, 0.5) is 5.69 Å². The van der Waals surface area contributed by atoms with E-state index in [0.717, 1.165) is 14.5 Å². The number of halogens is 2. The van der Waals surface area contributed by atoms with Gasteiger partial charge in [-0.15, -0.1) is 0 Å². The van der Waals surface area contributed by atoms with E-state index in [-0.39, 0.29) is 5.91 Å². The molecule has 0 saturated carbocycles. The first-order valence-corrected chi connectivity index (χ1v) is 8.28. The first kappa shape index (κ1) is 17.6. The van der Waals surface area contributed by atoms with E-state index in [1.165, 1.54) is 6.08 Å². The number of nitrogens with one attached hydrogen (secondary N) is 1. The zero-order valence-electron chi connectivity index (χ0n) is 12.6. The fourth-order valence-corrected chi connectivity index (χ4v) is 3.39. The van der Waals surface area contributed by atoms with Gasteiger partial charge in [-0.05, 0) is 46.3 Å². The molecule has 1 N–H and O–H groups in total. The van der Waals surface area contributed by atoms with Crippen molar-refractivity contribution in [2.24, 2.45) is 0 Å². The Morgan fingerprint density at radius 3 is 2.61 bits per heavy atom. The van der Waals surface area contributed by atoms with Crippen LogP contribution in [-0.2, 0) is 4.79 Å². The number of ether oxygens (including phenoxy) is 2. The van der Waals surface area contributed by atoms with E-state index in [2.05, 4.69) is 37.2 Å². The molecule has 0 radical (unpaired) electrons. The number of benzene rings is 2. The highest BCUT2D eigenvalue weighted by Gasteiger charge is 2.07. The molecule has 0 atom stereocenters. The van der Waals surface area contributed by atoms with E-state index in [1.807, 2.05) is 24.3 Å². The molecule has 0 spiro atoms. The van der Waals surface area contributed by atoms with Crippen LogP contribution in [-0.4, -0.2) is 20.1 Å². The fourth-order valence-electron chi connectivity index (χ4n) is 1.97. The molecule has 2 aromatic rings. The van der Waals surface area contributed by atoms with Crippen LogP contribution in [0.25, 0.3) is 6.08 Å². The third kappa shape index (κ3) is 4.84. The standard InChI is InChI=1S/C17H15Br2NO3/c1-22-14-5-3-4-13(10-14)20-16(21)7-6-11-8-12(18)9-15(19)17(11)23-2/h3-10H,1-2H3,(H,20,21)/b7-6+. The summed E-state index contributed by atoms with van der Waals surface area (Å²) < 4.78 is 12.2. The van der Waals surface area contributed by atoms with Gasteiger partial charge in [0.05, 0.1) is 18.7 Å². The number of carbonyl (C=O) groups is 1. The Morgan fingerprint density at radius 2 is 1.91 bits per heavy atom. The number of carbonyl (C=O) groups excluding carboxylic acids is 1. The fraction of sp³-hybridized carbons (Fsp3) is 0.118. The Morgan fingerprint density at radius 1 is 1.13 bits per heavy atom. The lowest BCUT2D eigenvalue weighted by molar-refractivity contribution is -0.111. The molecule has 1 amide bonds. The van der Waals surface area contributed by atoms with Crippen LogP contribution in [0.5, 0.6) is 11.5 Å². The largest absolute Gasteiger partial charge is 0.497 e. The number of methoxy groups -OCH3 is 2. The van der Waals surface area contributed by atoms with Crippen molar-refractivity contribution in [1.29, 1.82) is 0 Å². The van der Waals surface area contributed by atoms with E-state index >= 15 is 0 Å². The Labute approximate surface area is 151 Å². The van der Waals surface area contributed by atoms with E-state index in [9.17, 15) is 4.79 Å². The van der Waals surface area contributed by atoms with E-state index in [4.69, 9.17) is 9.47 Å². The summed E-state index contributed by atoms with van der Waals surface area (Å²) in [5, 5.41) is 2.78. The maximum absolute atomic E-state index is 12.1. The summed E-state index contributed by atoms with van der Waals surface area (Å²) in [6, 6.07) is 10.9. The van der Waals surface area contributed by atoms with Crippen LogP contribution in [0.3, 0.4) is 0 Å². The third-order valence-electron chi connectivity index (χ3n) is 2.99. The topological polar surface area (TPSA) is 47.6 Å².